The molecule has 74 valence electrons. The number of sulfonamides is 1. The van der Waals surface area contributed by atoms with Crippen molar-refractivity contribution in [1.82, 2.24) is 15.5 Å². The molecule has 13 heavy (non-hydrogen) atoms. The second-order valence-corrected chi connectivity index (χ2v) is 4.35. The highest BCUT2D eigenvalue weighted by Gasteiger charge is 2.09. The van der Waals surface area contributed by atoms with E-state index >= 15 is 0 Å². The van der Waals surface area contributed by atoms with E-state index in [1.807, 2.05) is 0 Å². The summed E-state index contributed by atoms with van der Waals surface area (Å²) >= 11 is 0. The molecule has 0 bridgehead atoms. The van der Waals surface area contributed by atoms with E-state index in [1.165, 1.54) is 12.4 Å². The number of anilines is 1. The molecule has 6 nitrogen and oxygen atoms in total. The third kappa shape index (κ3) is 3.43. The Hall–Kier alpha value is -1.08. The van der Waals surface area contributed by atoms with Crippen LogP contribution in [0.5, 0.6) is 0 Å². The average molecular weight is 204 g/mol. The van der Waals surface area contributed by atoms with Gasteiger partial charge in [0, 0.05) is 12.7 Å². The van der Waals surface area contributed by atoms with E-state index < -0.39 is 10.0 Å². The molecule has 0 aliphatic heterocycles. The van der Waals surface area contributed by atoms with Crippen molar-refractivity contribution >= 4 is 15.7 Å². The van der Waals surface area contributed by atoms with Gasteiger partial charge in [0.1, 0.15) is 0 Å². The molecule has 0 aliphatic rings. The largest absolute Gasteiger partial charge is 0.319 e. The van der Waals surface area contributed by atoms with Crippen LogP contribution in [0.4, 0.5) is 5.69 Å². The number of hydrogen-bond acceptors (Lipinski definition) is 4. The number of aromatic amines is 1. The zero-order valence-corrected chi connectivity index (χ0v) is 8.06. The number of aromatic nitrogens is 2. The Morgan fingerprint density at radius 3 is 2.92 bits per heavy atom. The van der Waals surface area contributed by atoms with Gasteiger partial charge in [0.2, 0.25) is 10.0 Å². The standard InChI is InChI=1S/C6H12N4O2S/c1-7-2-3-13(11,12)10-6-4-8-9-5-6/h4-5,7,10H,2-3H2,1H3,(H,8,9). The van der Waals surface area contributed by atoms with Crippen LogP contribution in [0.1, 0.15) is 0 Å². The quantitative estimate of drug-likeness (QED) is 0.596. The summed E-state index contributed by atoms with van der Waals surface area (Å²) in [4.78, 5) is 0. The van der Waals surface area contributed by atoms with Crippen molar-refractivity contribution in [3.63, 3.8) is 0 Å². The molecule has 3 N–H and O–H groups in total. The van der Waals surface area contributed by atoms with E-state index in [4.69, 9.17) is 0 Å². The Morgan fingerprint density at radius 2 is 2.38 bits per heavy atom. The predicted molar refractivity (Wildman–Crippen MR) is 49.9 cm³/mol. The van der Waals surface area contributed by atoms with Gasteiger partial charge < -0.3 is 5.32 Å². The Morgan fingerprint density at radius 1 is 1.62 bits per heavy atom. The highest BCUT2D eigenvalue weighted by atomic mass is 32.2. The molecule has 0 radical (unpaired) electrons. The van der Waals surface area contributed by atoms with Gasteiger partial charge in [-0.3, -0.25) is 9.82 Å². The van der Waals surface area contributed by atoms with Crippen molar-refractivity contribution in [2.75, 3.05) is 24.1 Å². The van der Waals surface area contributed by atoms with Gasteiger partial charge in [-0.05, 0) is 7.05 Å². The van der Waals surface area contributed by atoms with E-state index in [0.29, 0.717) is 12.2 Å². The van der Waals surface area contributed by atoms with Crippen molar-refractivity contribution in [3.05, 3.63) is 12.4 Å². The van der Waals surface area contributed by atoms with Crippen LogP contribution < -0.4 is 10.0 Å². The summed E-state index contributed by atoms with van der Waals surface area (Å²) in [6, 6.07) is 0. The predicted octanol–water partition coefficient (Wildman–Crippen LogP) is -0.629. The van der Waals surface area contributed by atoms with Crippen molar-refractivity contribution in [3.8, 4) is 0 Å². The fraction of sp³-hybridized carbons (Fsp3) is 0.500. The lowest BCUT2D eigenvalue weighted by Gasteiger charge is -2.04. The molecule has 0 atom stereocenters. The maximum absolute atomic E-state index is 11.3. The lowest BCUT2D eigenvalue weighted by atomic mass is 10.6. The molecule has 1 aromatic rings. The van der Waals surface area contributed by atoms with E-state index in [-0.39, 0.29) is 5.75 Å². The monoisotopic (exact) mass is 204 g/mol. The molecular formula is C6H12N4O2S. The van der Waals surface area contributed by atoms with E-state index in [1.54, 1.807) is 7.05 Å². The second-order valence-electron chi connectivity index (χ2n) is 2.51. The lowest BCUT2D eigenvalue weighted by Crippen LogP contribution is -2.24. The highest BCUT2D eigenvalue weighted by molar-refractivity contribution is 7.92. The lowest BCUT2D eigenvalue weighted by molar-refractivity contribution is 0.599. The van der Waals surface area contributed by atoms with E-state index in [2.05, 4.69) is 20.2 Å². The molecule has 0 aromatic carbocycles. The summed E-state index contributed by atoms with van der Waals surface area (Å²) in [6.45, 7) is 0.424. The first-order valence-corrected chi connectivity index (χ1v) is 5.43. The molecule has 1 heterocycles. The smallest absolute Gasteiger partial charge is 0.234 e. The van der Waals surface area contributed by atoms with Gasteiger partial charge >= 0.3 is 0 Å². The van der Waals surface area contributed by atoms with Crippen LogP contribution in [0, 0.1) is 0 Å². The van der Waals surface area contributed by atoms with Gasteiger partial charge in [-0.25, -0.2) is 8.42 Å². The second kappa shape index (κ2) is 4.24. The topological polar surface area (TPSA) is 86.9 Å². The van der Waals surface area contributed by atoms with Crippen LogP contribution in [0.15, 0.2) is 12.4 Å². The fourth-order valence-electron chi connectivity index (χ4n) is 0.774. The molecular weight excluding hydrogens is 192 g/mol. The minimum absolute atomic E-state index is 0.0503. The van der Waals surface area contributed by atoms with Crippen LogP contribution in [0.3, 0.4) is 0 Å². The van der Waals surface area contributed by atoms with Crippen molar-refractivity contribution in [1.29, 1.82) is 0 Å². The number of rotatable bonds is 5. The first-order valence-electron chi connectivity index (χ1n) is 3.78. The number of nitrogens with one attached hydrogen (secondary N) is 3. The number of hydrogen-bond donors (Lipinski definition) is 3. The summed E-state index contributed by atoms with van der Waals surface area (Å²) in [6.07, 6.45) is 2.90. The summed E-state index contributed by atoms with van der Waals surface area (Å²) in [5, 5.41) is 8.90. The summed E-state index contributed by atoms with van der Waals surface area (Å²) in [7, 11) is -1.54. The van der Waals surface area contributed by atoms with Crippen molar-refractivity contribution in [2.45, 2.75) is 0 Å². The highest BCUT2D eigenvalue weighted by Crippen LogP contribution is 2.04. The van der Waals surface area contributed by atoms with Gasteiger partial charge in [0.15, 0.2) is 0 Å². The molecule has 7 heteroatoms. The molecule has 0 amide bonds. The maximum Gasteiger partial charge on any atom is 0.234 e. The van der Waals surface area contributed by atoms with Crippen LogP contribution in [-0.2, 0) is 10.0 Å². The Kier molecular flexibility index (Phi) is 3.26. The molecule has 0 saturated heterocycles. The Balaban J connectivity index is 2.53. The first kappa shape index (κ1) is 10.0. The fourth-order valence-corrected chi connectivity index (χ4v) is 1.82. The van der Waals surface area contributed by atoms with Crippen LogP contribution >= 0.6 is 0 Å². The van der Waals surface area contributed by atoms with Crippen LogP contribution in [-0.4, -0.2) is 38.0 Å². The van der Waals surface area contributed by atoms with Gasteiger partial charge in [-0.2, -0.15) is 5.10 Å². The van der Waals surface area contributed by atoms with E-state index in [0.717, 1.165) is 0 Å². The molecule has 1 rings (SSSR count). The molecule has 1 aromatic heterocycles. The summed E-state index contributed by atoms with van der Waals surface area (Å²) in [5.41, 5.74) is 0.455. The molecule has 0 saturated carbocycles. The molecule has 0 spiro atoms. The first-order chi connectivity index (χ1) is 6.14. The van der Waals surface area contributed by atoms with Gasteiger partial charge in [0.25, 0.3) is 0 Å². The zero-order valence-electron chi connectivity index (χ0n) is 7.24. The van der Waals surface area contributed by atoms with Crippen LogP contribution in [0.25, 0.3) is 0 Å². The summed E-state index contributed by atoms with van der Waals surface area (Å²) in [5.74, 6) is 0.0503. The van der Waals surface area contributed by atoms with Gasteiger partial charge in [0.05, 0.1) is 17.6 Å². The minimum atomic E-state index is -3.24. The van der Waals surface area contributed by atoms with Gasteiger partial charge in [-0.15, -0.1) is 0 Å². The number of H-pyrrole nitrogens is 1. The Labute approximate surface area is 76.8 Å². The average Bonchev–Trinajstić information content (AvgIpc) is 2.52. The maximum atomic E-state index is 11.3. The normalized spacial score (nSPS) is 11.5. The third-order valence-electron chi connectivity index (χ3n) is 1.39. The third-order valence-corrected chi connectivity index (χ3v) is 2.68. The zero-order chi connectivity index (χ0) is 9.73. The van der Waals surface area contributed by atoms with Crippen molar-refractivity contribution in [2.24, 2.45) is 0 Å². The number of nitrogens with zero attached hydrogens (tertiary/aromatic N) is 1. The summed E-state index contributed by atoms with van der Waals surface area (Å²) < 4.78 is 24.9. The SMILES string of the molecule is CNCCS(=O)(=O)Nc1cn[nH]c1. The van der Waals surface area contributed by atoms with Crippen molar-refractivity contribution < 1.29 is 8.42 Å². The molecule has 0 unspecified atom stereocenters. The molecule has 0 aliphatic carbocycles. The van der Waals surface area contributed by atoms with Crippen LogP contribution in [0.2, 0.25) is 0 Å². The van der Waals surface area contributed by atoms with E-state index in [9.17, 15) is 8.42 Å². The minimum Gasteiger partial charge on any atom is -0.319 e. The molecule has 0 fully saturated rings. The van der Waals surface area contributed by atoms with Gasteiger partial charge in [-0.1, -0.05) is 0 Å². The Bertz CT molecular complexity index is 332.